The zero-order chi connectivity index (χ0) is 12.9. The van der Waals surface area contributed by atoms with Gasteiger partial charge in [0.15, 0.2) is 10.8 Å². The van der Waals surface area contributed by atoms with Gasteiger partial charge in [-0.15, -0.1) is 10.2 Å². The van der Waals surface area contributed by atoms with E-state index in [9.17, 15) is 13.2 Å². The monoisotopic (exact) mass is 272 g/mol. The molecule has 0 aliphatic heterocycles. The van der Waals surface area contributed by atoms with E-state index in [2.05, 4.69) is 15.2 Å². The fourth-order valence-electron chi connectivity index (χ4n) is 1.77. The third-order valence-electron chi connectivity index (χ3n) is 2.52. The summed E-state index contributed by atoms with van der Waals surface area (Å²) in [5, 5.41) is 7.19. The van der Waals surface area contributed by atoms with E-state index in [1.165, 1.54) is 22.9 Å². The molecule has 0 spiro atoms. The SMILES string of the molecule is FC(F)(F)c1cccc2c1nc(Cl)c1nncn12. The van der Waals surface area contributed by atoms with Gasteiger partial charge < -0.3 is 0 Å². The summed E-state index contributed by atoms with van der Waals surface area (Å²) in [6.07, 6.45) is -3.19. The summed E-state index contributed by atoms with van der Waals surface area (Å²) < 4.78 is 39.9. The Bertz CT molecular complexity index is 750. The van der Waals surface area contributed by atoms with Crippen LogP contribution in [0.2, 0.25) is 5.15 Å². The van der Waals surface area contributed by atoms with Crippen molar-refractivity contribution in [1.82, 2.24) is 19.6 Å². The molecule has 8 heteroatoms. The van der Waals surface area contributed by atoms with Gasteiger partial charge in [0.2, 0.25) is 0 Å². The minimum atomic E-state index is -4.49. The number of hydrogen-bond donors (Lipinski definition) is 0. The van der Waals surface area contributed by atoms with Crippen molar-refractivity contribution in [2.24, 2.45) is 0 Å². The van der Waals surface area contributed by atoms with E-state index in [1.54, 1.807) is 0 Å². The minimum Gasteiger partial charge on any atom is -0.277 e. The van der Waals surface area contributed by atoms with Gasteiger partial charge in [0.1, 0.15) is 11.8 Å². The first kappa shape index (κ1) is 11.2. The third-order valence-corrected chi connectivity index (χ3v) is 2.78. The Hall–Kier alpha value is -1.89. The second-order valence-electron chi connectivity index (χ2n) is 3.60. The lowest BCUT2D eigenvalue weighted by Crippen LogP contribution is -2.07. The van der Waals surface area contributed by atoms with Gasteiger partial charge in [-0.3, -0.25) is 4.40 Å². The van der Waals surface area contributed by atoms with Crippen LogP contribution in [0.4, 0.5) is 13.2 Å². The number of aromatic nitrogens is 4. The van der Waals surface area contributed by atoms with Crippen molar-refractivity contribution in [3.63, 3.8) is 0 Å². The van der Waals surface area contributed by atoms with Gasteiger partial charge in [0.25, 0.3) is 0 Å². The number of fused-ring (bicyclic) bond motifs is 3. The quantitative estimate of drug-likeness (QED) is 0.632. The molecule has 2 heterocycles. The third kappa shape index (κ3) is 1.51. The first-order valence-electron chi connectivity index (χ1n) is 4.83. The maximum atomic E-state index is 12.9. The topological polar surface area (TPSA) is 43.1 Å². The van der Waals surface area contributed by atoms with Crippen molar-refractivity contribution >= 4 is 28.3 Å². The zero-order valence-electron chi connectivity index (χ0n) is 8.61. The lowest BCUT2D eigenvalue weighted by Gasteiger charge is -2.10. The smallest absolute Gasteiger partial charge is 0.277 e. The standard InChI is InChI=1S/C10H4ClF3N4/c11-8-9-17-15-4-18(9)6-3-1-2-5(7(6)16-8)10(12,13)14/h1-4H. The van der Waals surface area contributed by atoms with Crippen LogP contribution in [-0.2, 0) is 6.18 Å². The van der Waals surface area contributed by atoms with Crippen LogP contribution in [0.15, 0.2) is 24.5 Å². The highest BCUT2D eigenvalue weighted by Gasteiger charge is 2.33. The molecule has 0 radical (unpaired) electrons. The summed E-state index contributed by atoms with van der Waals surface area (Å²) in [6, 6.07) is 3.77. The minimum absolute atomic E-state index is 0.114. The maximum Gasteiger partial charge on any atom is 0.418 e. The van der Waals surface area contributed by atoms with Crippen molar-refractivity contribution in [2.75, 3.05) is 0 Å². The van der Waals surface area contributed by atoms with E-state index in [1.807, 2.05) is 0 Å². The molecule has 0 saturated carbocycles. The average molecular weight is 273 g/mol. The van der Waals surface area contributed by atoms with E-state index in [0.717, 1.165) is 6.07 Å². The highest BCUT2D eigenvalue weighted by molar-refractivity contribution is 6.32. The van der Waals surface area contributed by atoms with Gasteiger partial charge in [-0.1, -0.05) is 17.7 Å². The number of para-hydroxylation sites is 1. The number of benzene rings is 1. The molecule has 0 unspecified atom stereocenters. The van der Waals surface area contributed by atoms with E-state index in [4.69, 9.17) is 11.6 Å². The van der Waals surface area contributed by atoms with E-state index in [-0.39, 0.29) is 21.8 Å². The van der Waals surface area contributed by atoms with Gasteiger partial charge >= 0.3 is 6.18 Å². The highest BCUT2D eigenvalue weighted by Crippen LogP contribution is 2.34. The summed E-state index contributed by atoms with van der Waals surface area (Å²) in [5.41, 5.74) is -0.572. The Morgan fingerprint density at radius 2 is 2.00 bits per heavy atom. The van der Waals surface area contributed by atoms with Gasteiger partial charge in [-0.25, -0.2) is 4.98 Å². The van der Waals surface area contributed by atoms with Crippen molar-refractivity contribution < 1.29 is 13.2 Å². The van der Waals surface area contributed by atoms with Crippen LogP contribution in [0.5, 0.6) is 0 Å². The van der Waals surface area contributed by atoms with Crippen LogP contribution < -0.4 is 0 Å². The number of nitrogens with zero attached hydrogens (tertiary/aromatic N) is 4. The molecule has 0 aliphatic rings. The number of alkyl halides is 3. The summed E-state index contributed by atoms with van der Waals surface area (Å²) in [5.74, 6) is 0. The van der Waals surface area contributed by atoms with Crippen molar-refractivity contribution in [3.8, 4) is 0 Å². The first-order valence-corrected chi connectivity index (χ1v) is 5.21. The molecule has 4 nitrogen and oxygen atoms in total. The molecule has 92 valence electrons. The van der Waals surface area contributed by atoms with Gasteiger partial charge in [0, 0.05) is 0 Å². The van der Waals surface area contributed by atoms with Gasteiger partial charge in [-0.2, -0.15) is 13.2 Å². The molecule has 0 saturated heterocycles. The van der Waals surface area contributed by atoms with Crippen LogP contribution in [0.3, 0.4) is 0 Å². The van der Waals surface area contributed by atoms with Crippen LogP contribution in [0.1, 0.15) is 5.56 Å². The predicted octanol–water partition coefficient (Wildman–Crippen LogP) is 2.95. The maximum absolute atomic E-state index is 12.9. The van der Waals surface area contributed by atoms with Crippen LogP contribution in [-0.4, -0.2) is 19.6 Å². The molecule has 0 bridgehead atoms. The van der Waals surface area contributed by atoms with Gasteiger partial charge in [-0.05, 0) is 12.1 Å². The molecule has 0 amide bonds. The number of halogens is 4. The molecule has 0 N–H and O–H groups in total. The van der Waals surface area contributed by atoms with Crippen molar-refractivity contribution in [1.29, 1.82) is 0 Å². The molecule has 0 atom stereocenters. The number of rotatable bonds is 0. The normalized spacial score (nSPS) is 12.4. The molecule has 3 rings (SSSR count). The molecule has 2 aromatic heterocycles. The Morgan fingerprint density at radius 3 is 2.72 bits per heavy atom. The highest BCUT2D eigenvalue weighted by atomic mass is 35.5. The summed E-state index contributed by atoms with van der Waals surface area (Å²) >= 11 is 5.80. The lowest BCUT2D eigenvalue weighted by molar-refractivity contribution is -0.136. The Labute approximate surface area is 103 Å². The summed E-state index contributed by atoms with van der Waals surface area (Å²) in [7, 11) is 0. The molecule has 0 aliphatic carbocycles. The van der Waals surface area contributed by atoms with E-state index < -0.39 is 11.7 Å². The second-order valence-corrected chi connectivity index (χ2v) is 3.96. The molecular formula is C10H4ClF3N4. The second kappa shape index (κ2) is 3.55. The molecule has 1 aromatic carbocycles. The van der Waals surface area contributed by atoms with E-state index >= 15 is 0 Å². The fraction of sp³-hybridized carbons (Fsp3) is 0.100. The first-order chi connectivity index (χ1) is 8.48. The van der Waals surface area contributed by atoms with Crippen molar-refractivity contribution in [3.05, 3.63) is 35.2 Å². The Kier molecular flexibility index (Phi) is 2.21. The average Bonchev–Trinajstić information content (AvgIpc) is 2.77. The molecular weight excluding hydrogens is 269 g/mol. The molecule has 0 fully saturated rings. The fourth-order valence-corrected chi connectivity index (χ4v) is 1.99. The largest absolute Gasteiger partial charge is 0.418 e. The summed E-state index contributed by atoms with van der Waals surface area (Å²) in [6.45, 7) is 0. The summed E-state index contributed by atoms with van der Waals surface area (Å²) in [4.78, 5) is 3.76. The lowest BCUT2D eigenvalue weighted by atomic mass is 10.1. The molecule has 18 heavy (non-hydrogen) atoms. The van der Waals surface area contributed by atoms with Crippen LogP contribution in [0, 0.1) is 0 Å². The Balaban J connectivity index is 2.53. The van der Waals surface area contributed by atoms with Crippen molar-refractivity contribution in [2.45, 2.75) is 6.18 Å². The van der Waals surface area contributed by atoms with Crippen LogP contribution >= 0.6 is 11.6 Å². The Morgan fingerprint density at radius 1 is 1.22 bits per heavy atom. The van der Waals surface area contributed by atoms with Crippen LogP contribution in [0.25, 0.3) is 16.7 Å². The van der Waals surface area contributed by atoms with E-state index in [0.29, 0.717) is 0 Å². The molecule has 3 aromatic rings. The predicted molar refractivity (Wildman–Crippen MR) is 58.3 cm³/mol. The number of hydrogen-bond acceptors (Lipinski definition) is 3. The van der Waals surface area contributed by atoms with Gasteiger partial charge in [0.05, 0.1) is 11.1 Å². The zero-order valence-corrected chi connectivity index (χ0v) is 9.37.